The Morgan fingerprint density at radius 3 is 1.14 bits per heavy atom. The highest BCUT2D eigenvalue weighted by Gasteiger charge is 2.08. The Labute approximate surface area is 123 Å². The van der Waals surface area contributed by atoms with Gasteiger partial charge in [-0.2, -0.15) is 21.0 Å². The zero-order valence-electron chi connectivity index (χ0n) is 11.3. The maximum absolute atomic E-state index is 8.64. The van der Waals surface area contributed by atoms with E-state index >= 15 is 0 Å². The van der Waals surface area contributed by atoms with Gasteiger partial charge in [0.2, 0.25) is 0 Å². The van der Waals surface area contributed by atoms with Crippen molar-refractivity contribution >= 4 is 0 Å². The molecule has 2 rings (SSSR count). The molecule has 0 bridgehead atoms. The molecule has 98 valence electrons. The molecule has 0 atom stereocenters. The number of benzene rings is 2. The molecule has 0 unspecified atom stereocenters. The molecule has 0 N–H and O–H groups in total. The summed E-state index contributed by atoms with van der Waals surface area (Å²) < 4.78 is 0. The second-order valence-corrected chi connectivity index (χ2v) is 4.05. The van der Waals surface area contributed by atoms with Gasteiger partial charge in [0.15, 0.2) is 0 Å². The van der Waals surface area contributed by atoms with Crippen LogP contribution in [0.4, 0.5) is 0 Å². The first-order chi connectivity index (χ1) is 10.2. The number of nitriles is 4. The van der Waals surface area contributed by atoms with Crippen LogP contribution in [0.25, 0.3) is 0 Å². The monoisotopic (exact) mass is 270 g/mol. The van der Waals surface area contributed by atoms with Crippen molar-refractivity contribution in [3.8, 4) is 24.3 Å². The molecule has 4 nitrogen and oxygen atoms in total. The third-order valence-electron chi connectivity index (χ3n) is 2.58. The average Bonchev–Trinajstić information content (AvgIpc) is 2.54. The average molecular weight is 270 g/mol. The maximum Gasteiger partial charge on any atom is 0.101 e. The summed E-state index contributed by atoms with van der Waals surface area (Å²) in [6.45, 7) is 2.08. The Morgan fingerprint density at radius 1 is 0.619 bits per heavy atom. The summed E-state index contributed by atoms with van der Waals surface area (Å²) in [5.41, 5.74) is 1.78. The zero-order chi connectivity index (χ0) is 15.7. The van der Waals surface area contributed by atoms with Gasteiger partial charge in [-0.25, -0.2) is 0 Å². The molecule has 0 fully saturated rings. The van der Waals surface area contributed by atoms with E-state index in [1.807, 2.05) is 18.2 Å². The Hall–Kier alpha value is -3.60. The quantitative estimate of drug-likeness (QED) is 0.734. The first-order valence-corrected chi connectivity index (χ1v) is 5.96. The van der Waals surface area contributed by atoms with Crippen LogP contribution in [0.1, 0.15) is 27.8 Å². The van der Waals surface area contributed by atoms with Crippen LogP contribution in [-0.2, 0) is 0 Å². The third-order valence-corrected chi connectivity index (χ3v) is 2.58. The first-order valence-electron chi connectivity index (χ1n) is 5.96. The Bertz CT molecular complexity index is 696. The smallest absolute Gasteiger partial charge is 0.101 e. The van der Waals surface area contributed by atoms with Crippen LogP contribution < -0.4 is 0 Å². The Balaban J connectivity index is 0.000000262. The lowest BCUT2D eigenvalue weighted by molar-refractivity contribution is 1.38. The van der Waals surface area contributed by atoms with E-state index in [-0.39, 0.29) is 22.3 Å². The van der Waals surface area contributed by atoms with Crippen LogP contribution in [-0.4, -0.2) is 0 Å². The number of rotatable bonds is 0. The summed E-state index contributed by atoms with van der Waals surface area (Å²) in [4.78, 5) is 0. The summed E-state index contributed by atoms with van der Waals surface area (Å²) in [5, 5.41) is 34.6. The molecule has 0 aliphatic carbocycles. The molecule has 0 radical (unpaired) electrons. The largest absolute Gasteiger partial charge is 0.192 e. The molecule has 0 aliphatic rings. The standard InChI is InChI=1S/C10H2N4.C7H8/c11-3-7-1-8(4-12)10(6-14)2-9(7)5-13;1-7-5-3-2-4-6-7/h1-2H;2-6H,1H3. The van der Waals surface area contributed by atoms with Crippen LogP contribution in [0.3, 0.4) is 0 Å². The fraction of sp³-hybridized carbons (Fsp3) is 0.0588. The minimum atomic E-state index is 0.114. The lowest BCUT2D eigenvalue weighted by atomic mass is 10.0. The van der Waals surface area contributed by atoms with E-state index < -0.39 is 0 Å². The fourth-order valence-corrected chi connectivity index (χ4v) is 1.50. The normalized spacial score (nSPS) is 8.05. The molecule has 2 aromatic carbocycles. The minimum Gasteiger partial charge on any atom is -0.192 e. The van der Waals surface area contributed by atoms with Gasteiger partial charge in [-0.3, -0.25) is 0 Å². The topological polar surface area (TPSA) is 95.2 Å². The van der Waals surface area contributed by atoms with E-state index in [1.54, 1.807) is 24.3 Å². The highest BCUT2D eigenvalue weighted by Crippen LogP contribution is 2.14. The molecule has 0 amide bonds. The fourth-order valence-electron chi connectivity index (χ4n) is 1.50. The molecular formula is C17H10N4. The number of hydrogen-bond donors (Lipinski definition) is 0. The van der Waals surface area contributed by atoms with Crippen LogP contribution >= 0.6 is 0 Å². The molecule has 0 heterocycles. The molecule has 0 spiro atoms. The molecule has 4 heteroatoms. The van der Waals surface area contributed by atoms with Crippen molar-refractivity contribution in [2.75, 3.05) is 0 Å². The molecular weight excluding hydrogens is 260 g/mol. The van der Waals surface area contributed by atoms with Gasteiger partial charge >= 0.3 is 0 Å². The number of nitrogens with zero attached hydrogens (tertiary/aromatic N) is 4. The van der Waals surface area contributed by atoms with Gasteiger partial charge in [0.25, 0.3) is 0 Å². The van der Waals surface area contributed by atoms with Crippen molar-refractivity contribution in [1.29, 1.82) is 21.0 Å². The lowest BCUT2D eigenvalue weighted by Gasteiger charge is -1.96. The van der Waals surface area contributed by atoms with Crippen LogP contribution in [0.2, 0.25) is 0 Å². The van der Waals surface area contributed by atoms with Crippen molar-refractivity contribution in [3.05, 3.63) is 70.3 Å². The Kier molecular flexibility index (Phi) is 5.71. The zero-order valence-corrected chi connectivity index (χ0v) is 11.3. The van der Waals surface area contributed by atoms with Gasteiger partial charge in [0.05, 0.1) is 22.3 Å². The second kappa shape index (κ2) is 7.75. The van der Waals surface area contributed by atoms with Crippen molar-refractivity contribution in [3.63, 3.8) is 0 Å². The minimum absolute atomic E-state index is 0.114. The molecule has 0 aromatic heterocycles. The van der Waals surface area contributed by atoms with Crippen LogP contribution in [0.5, 0.6) is 0 Å². The number of aryl methyl sites for hydroxylation is 1. The molecule has 21 heavy (non-hydrogen) atoms. The number of hydrogen-bond acceptors (Lipinski definition) is 4. The second-order valence-electron chi connectivity index (χ2n) is 4.05. The van der Waals surface area contributed by atoms with Gasteiger partial charge in [0, 0.05) is 0 Å². The SMILES string of the molecule is Cc1ccccc1.N#Cc1cc(C#N)c(C#N)cc1C#N. The van der Waals surface area contributed by atoms with Crippen molar-refractivity contribution in [2.45, 2.75) is 6.92 Å². The first kappa shape index (κ1) is 15.5. The molecule has 2 aromatic rings. The van der Waals surface area contributed by atoms with Gasteiger partial charge in [-0.05, 0) is 19.1 Å². The summed E-state index contributed by atoms with van der Waals surface area (Å²) in [5.74, 6) is 0. The molecule has 0 saturated carbocycles. The van der Waals surface area contributed by atoms with Crippen LogP contribution in [0, 0.1) is 52.2 Å². The van der Waals surface area contributed by atoms with Gasteiger partial charge in [-0.1, -0.05) is 35.9 Å². The Morgan fingerprint density at radius 2 is 0.952 bits per heavy atom. The van der Waals surface area contributed by atoms with E-state index in [9.17, 15) is 0 Å². The van der Waals surface area contributed by atoms with E-state index in [0.29, 0.717) is 0 Å². The van der Waals surface area contributed by atoms with Gasteiger partial charge < -0.3 is 0 Å². The van der Waals surface area contributed by atoms with Crippen molar-refractivity contribution in [2.24, 2.45) is 0 Å². The summed E-state index contributed by atoms with van der Waals surface area (Å²) in [7, 11) is 0. The predicted octanol–water partition coefficient (Wildman–Crippen LogP) is 3.17. The maximum atomic E-state index is 8.64. The lowest BCUT2D eigenvalue weighted by Crippen LogP contribution is -1.90. The summed E-state index contributed by atoms with van der Waals surface area (Å²) in [6, 6.07) is 19.9. The van der Waals surface area contributed by atoms with Crippen molar-refractivity contribution in [1.82, 2.24) is 0 Å². The summed E-state index contributed by atoms with van der Waals surface area (Å²) >= 11 is 0. The predicted molar refractivity (Wildman–Crippen MR) is 76.5 cm³/mol. The van der Waals surface area contributed by atoms with Crippen molar-refractivity contribution < 1.29 is 0 Å². The summed E-state index contributed by atoms with van der Waals surface area (Å²) in [6.07, 6.45) is 0. The highest BCUT2D eigenvalue weighted by molar-refractivity contribution is 5.57. The van der Waals surface area contributed by atoms with E-state index in [4.69, 9.17) is 21.0 Å². The molecule has 0 aliphatic heterocycles. The van der Waals surface area contributed by atoms with E-state index in [0.717, 1.165) is 0 Å². The molecule has 0 saturated heterocycles. The van der Waals surface area contributed by atoms with E-state index in [2.05, 4.69) is 19.1 Å². The third kappa shape index (κ3) is 4.22. The van der Waals surface area contributed by atoms with Gasteiger partial charge in [-0.15, -0.1) is 0 Å². The van der Waals surface area contributed by atoms with Gasteiger partial charge in [0.1, 0.15) is 24.3 Å². The van der Waals surface area contributed by atoms with Crippen LogP contribution in [0.15, 0.2) is 42.5 Å². The highest BCUT2D eigenvalue weighted by atomic mass is 14.3. The van der Waals surface area contributed by atoms with E-state index in [1.165, 1.54) is 17.7 Å².